The molecule has 0 saturated carbocycles. The molecule has 1 rings (SSSR count). The second-order valence-corrected chi connectivity index (χ2v) is 4.86. The van der Waals surface area contributed by atoms with Gasteiger partial charge in [0, 0.05) is 13.1 Å². The van der Waals surface area contributed by atoms with Crippen molar-refractivity contribution in [1.82, 2.24) is 10.6 Å². The van der Waals surface area contributed by atoms with Crippen LogP contribution in [-0.4, -0.2) is 41.9 Å². The molecule has 0 aromatic rings. The van der Waals surface area contributed by atoms with Crippen LogP contribution in [0.15, 0.2) is 0 Å². The van der Waals surface area contributed by atoms with Crippen LogP contribution in [0.2, 0.25) is 0 Å². The van der Waals surface area contributed by atoms with Crippen molar-refractivity contribution in [2.75, 3.05) is 13.1 Å². The zero-order chi connectivity index (χ0) is 12.3. The summed E-state index contributed by atoms with van der Waals surface area (Å²) >= 11 is 0. The number of alkyl carbamates (subject to hydrolysis) is 1. The first-order valence-corrected chi connectivity index (χ1v) is 5.22. The molecule has 0 aromatic heterocycles. The number of ether oxygens (including phenoxy) is 1. The zero-order valence-corrected chi connectivity index (χ0v) is 9.74. The normalized spacial score (nSPS) is 25.2. The summed E-state index contributed by atoms with van der Waals surface area (Å²) in [5.74, 6) is -1.50. The average Bonchev–Trinajstić information content (AvgIpc) is 2.47. The summed E-state index contributed by atoms with van der Waals surface area (Å²) in [7, 11) is 0. The number of rotatable bonds is 2. The lowest BCUT2D eigenvalue weighted by Crippen LogP contribution is -2.45. The van der Waals surface area contributed by atoms with Crippen molar-refractivity contribution in [3.05, 3.63) is 0 Å². The molecule has 16 heavy (non-hydrogen) atoms. The van der Waals surface area contributed by atoms with E-state index < -0.39 is 29.6 Å². The Morgan fingerprint density at radius 1 is 1.38 bits per heavy atom. The van der Waals surface area contributed by atoms with Crippen LogP contribution in [0.1, 0.15) is 20.8 Å². The fourth-order valence-corrected chi connectivity index (χ4v) is 1.55. The predicted octanol–water partition coefficient (Wildman–Crippen LogP) is 0.184. The van der Waals surface area contributed by atoms with E-state index in [4.69, 9.17) is 9.84 Å². The summed E-state index contributed by atoms with van der Waals surface area (Å²) in [5.41, 5.74) is -0.575. The zero-order valence-electron chi connectivity index (χ0n) is 9.74. The first kappa shape index (κ1) is 12.8. The maximum atomic E-state index is 11.4. The monoisotopic (exact) mass is 230 g/mol. The Labute approximate surface area is 94.3 Å². The van der Waals surface area contributed by atoms with Gasteiger partial charge in [-0.3, -0.25) is 4.79 Å². The van der Waals surface area contributed by atoms with Crippen molar-refractivity contribution >= 4 is 12.1 Å². The van der Waals surface area contributed by atoms with Gasteiger partial charge in [0.15, 0.2) is 0 Å². The number of carbonyl (C=O) groups excluding carboxylic acids is 1. The highest BCUT2D eigenvalue weighted by Gasteiger charge is 2.34. The molecule has 1 heterocycles. The predicted molar refractivity (Wildman–Crippen MR) is 57.2 cm³/mol. The van der Waals surface area contributed by atoms with Gasteiger partial charge in [0.1, 0.15) is 5.60 Å². The van der Waals surface area contributed by atoms with E-state index in [1.54, 1.807) is 20.8 Å². The third-order valence-corrected chi connectivity index (χ3v) is 2.23. The van der Waals surface area contributed by atoms with Crippen LogP contribution in [0.5, 0.6) is 0 Å². The minimum atomic E-state index is -0.911. The van der Waals surface area contributed by atoms with Crippen molar-refractivity contribution in [1.29, 1.82) is 0 Å². The molecule has 6 heteroatoms. The summed E-state index contributed by atoms with van der Waals surface area (Å²) in [6.07, 6.45) is -0.576. The van der Waals surface area contributed by atoms with Crippen molar-refractivity contribution in [2.24, 2.45) is 5.92 Å². The molecule has 1 aliphatic heterocycles. The smallest absolute Gasteiger partial charge is 0.407 e. The summed E-state index contributed by atoms with van der Waals surface area (Å²) < 4.78 is 5.06. The standard InChI is InChI=1S/C10H18N2O4/c1-10(2,3)16-9(15)12-7-5-11-4-6(7)8(13)14/h6-7,11H,4-5H2,1-3H3,(H,12,15)(H,13,14). The lowest BCUT2D eigenvalue weighted by atomic mass is 10.0. The fraction of sp³-hybridized carbons (Fsp3) is 0.800. The SMILES string of the molecule is CC(C)(C)OC(=O)NC1CNCC1C(=O)O. The van der Waals surface area contributed by atoms with Crippen LogP contribution < -0.4 is 10.6 Å². The molecule has 1 fully saturated rings. The second kappa shape index (κ2) is 4.69. The molecule has 0 radical (unpaired) electrons. The van der Waals surface area contributed by atoms with Gasteiger partial charge < -0.3 is 20.5 Å². The lowest BCUT2D eigenvalue weighted by molar-refractivity contribution is -0.141. The van der Waals surface area contributed by atoms with Gasteiger partial charge in [-0.05, 0) is 20.8 Å². The highest BCUT2D eigenvalue weighted by molar-refractivity contribution is 5.74. The highest BCUT2D eigenvalue weighted by atomic mass is 16.6. The van der Waals surface area contributed by atoms with Crippen LogP contribution in [0, 0.1) is 5.92 Å². The molecule has 1 saturated heterocycles. The van der Waals surface area contributed by atoms with Crippen LogP contribution in [0.3, 0.4) is 0 Å². The van der Waals surface area contributed by atoms with E-state index in [1.165, 1.54) is 0 Å². The van der Waals surface area contributed by atoms with E-state index >= 15 is 0 Å². The topological polar surface area (TPSA) is 87.7 Å². The molecule has 2 atom stereocenters. The quantitative estimate of drug-likeness (QED) is 0.630. The molecule has 1 aliphatic rings. The Morgan fingerprint density at radius 3 is 2.50 bits per heavy atom. The molecule has 0 aliphatic carbocycles. The number of aliphatic carboxylic acids is 1. The van der Waals surface area contributed by atoms with Gasteiger partial charge in [0.25, 0.3) is 0 Å². The number of carboxylic acids is 1. The molecular formula is C10H18N2O4. The van der Waals surface area contributed by atoms with Crippen molar-refractivity contribution in [3.63, 3.8) is 0 Å². The van der Waals surface area contributed by atoms with Gasteiger partial charge in [-0.15, -0.1) is 0 Å². The van der Waals surface area contributed by atoms with E-state index in [9.17, 15) is 9.59 Å². The van der Waals surface area contributed by atoms with Crippen molar-refractivity contribution in [2.45, 2.75) is 32.4 Å². The number of carbonyl (C=O) groups is 2. The van der Waals surface area contributed by atoms with Gasteiger partial charge in [0.05, 0.1) is 12.0 Å². The number of nitrogens with one attached hydrogen (secondary N) is 2. The summed E-state index contributed by atoms with van der Waals surface area (Å²) in [6.45, 7) is 6.10. The second-order valence-electron chi connectivity index (χ2n) is 4.86. The first-order chi connectivity index (χ1) is 7.29. The Bertz CT molecular complexity index is 285. The molecule has 2 unspecified atom stereocenters. The number of carboxylic acid groups (broad SMARTS) is 1. The molecule has 3 N–H and O–H groups in total. The van der Waals surface area contributed by atoms with Gasteiger partial charge >= 0.3 is 12.1 Å². The van der Waals surface area contributed by atoms with Gasteiger partial charge in [-0.2, -0.15) is 0 Å². The van der Waals surface area contributed by atoms with E-state index in [0.717, 1.165) is 0 Å². The minimum absolute atomic E-state index is 0.371. The minimum Gasteiger partial charge on any atom is -0.481 e. The molecule has 0 aromatic carbocycles. The van der Waals surface area contributed by atoms with Gasteiger partial charge in [0.2, 0.25) is 0 Å². The molecule has 1 amide bonds. The third-order valence-electron chi connectivity index (χ3n) is 2.23. The average molecular weight is 230 g/mol. The molecule has 6 nitrogen and oxygen atoms in total. The number of hydrogen-bond donors (Lipinski definition) is 3. The maximum absolute atomic E-state index is 11.4. The molecule has 92 valence electrons. The van der Waals surface area contributed by atoms with Crippen molar-refractivity contribution in [3.8, 4) is 0 Å². The Balaban J connectivity index is 2.47. The van der Waals surface area contributed by atoms with Gasteiger partial charge in [-0.1, -0.05) is 0 Å². The summed E-state index contributed by atoms with van der Waals surface area (Å²) in [4.78, 5) is 22.3. The van der Waals surface area contributed by atoms with Crippen LogP contribution in [0.25, 0.3) is 0 Å². The first-order valence-electron chi connectivity index (χ1n) is 5.22. The molecule has 0 spiro atoms. The number of hydrogen-bond acceptors (Lipinski definition) is 4. The van der Waals surface area contributed by atoms with Crippen LogP contribution >= 0.6 is 0 Å². The van der Waals surface area contributed by atoms with E-state index in [0.29, 0.717) is 13.1 Å². The Hall–Kier alpha value is -1.30. The maximum Gasteiger partial charge on any atom is 0.407 e. The Morgan fingerprint density at radius 2 is 2.00 bits per heavy atom. The van der Waals surface area contributed by atoms with Crippen LogP contribution in [-0.2, 0) is 9.53 Å². The highest BCUT2D eigenvalue weighted by Crippen LogP contribution is 2.11. The summed E-state index contributed by atoms with van der Waals surface area (Å²) in [6, 6.07) is -0.410. The molecular weight excluding hydrogens is 212 g/mol. The van der Waals surface area contributed by atoms with E-state index in [-0.39, 0.29) is 0 Å². The van der Waals surface area contributed by atoms with Crippen LogP contribution in [0.4, 0.5) is 4.79 Å². The van der Waals surface area contributed by atoms with E-state index in [1.807, 2.05) is 0 Å². The van der Waals surface area contributed by atoms with Gasteiger partial charge in [-0.25, -0.2) is 4.79 Å². The Kier molecular flexibility index (Phi) is 3.74. The fourth-order valence-electron chi connectivity index (χ4n) is 1.55. The lowest BCUT2D eigenvalue weighted by Gasteiger charge is -2.22. The molecule has 0 bridgehead atoms. The summed E-state index contributed by atoms with van der Waals surface area (Å²) in [5, 5.41) is 14.4. The number of amides is 1. The third kappa shape index (κ3) is 3.69. The van der Waals surface area contributed by atoms with Crippen molar-refractivity contribution < 1.29 is 19.4 Å². The largest absolute Gasteiger partial charge is 0.481 e. The van der Waals surface area contributed by atoms with E-state index in [2.05, 4.69) is 10.6 Å².